The Morgan fingerprint density at radius 2 is 1.29 bits per heavy atom. The number of rotatable bonds is 23. The third kappa shape index (κ3) is 14.3. The topological polar surface area (TPSA) is 214 Å². The maximum Gasteiger partial charge on any atom is 0.417 e. The number of nitrogens with two attached hydrogens (primary N) is 1. The molecule has 17 nitrogen and oxygen atoms in total. The molecule has 5 aromatic carbocycles. The molecule has 6 aromatic rings. The summed E-state index contributed by atoms with van der Waals surface area (Å²) in [5.41, 5.74) is 10.8. The first kappa shape index (κ1) is 51.8. The summed E-state index contributed by atoms with van der Waals surface area (Å²) >= 11 is 0. The van der Waals surface area contributed by atoms with Crippen molar-refractivity contribution < 1.29 is 47.7 Å². The Kier molecular flexibility index (Phi) is 18.5. The number of hydrogen-bond acceptors (Lipinski definition) is 13. The minimum Gasteiger partial charge on any atom is -0.489 e. The molecular weight excluding hydrogens is 919 g/mol. The largest absolute Gasteiger partial charge is 0.489 e. The van der Waals surface area contributed by atoms with Gasteiger partial charge in [0.1, 0.15) is 37.1 Å². The molecule has 17 heteroatoms. The number of amides is 5. The van der Waals surface area contributed by atoms with E-state index >= 15 is 9.59 Å². The molecule has 0 spiro atoms. The van der Waals surface area contributed by atoms with Gasteiger partial charge in [0.25, 0.3) is 11.8 Å². The SMILES string of the molecule is COC(=O)[C@@H](C)N(C(=O)C1CCN1)C(=O)[C@H](Cc1ccc(OCc2ccccc2)cc1)N(C(=O)OCc1ccccc1)C(=O)[C@H](COCc1ccccc1)NC(=O)[C@@H](N)Cc1cn(Cc2ccccc2)cn1. The van der Waals surface area contributed by atoms with E-state index < -0.39 is 72.5 Å². The number of imide groups is 2. The Bertz CT molecular complexity index is 2720. The number of benzene rings is 5. The van der Waals surface area contributed by atoms with Crippen molar-refractivity contribution in [3.05, 3.63) is 192 Å². The predicted octanol–water partition coefficient (Wildman–Crippen LogP) is 5.14. The summed E-state index contributed by atoms with van der Waals surface area (Å²) in [4.78, 5) is 93.2. The lowest BCUT2D eigenvalue weighted by Crippen LogP contribution is -2.65. The van der Waals surface area contributed by atoms with Crippen LogP contribution in [-0.4, -0.2) is 106 Å². The fourth-order valence-electron chi connectivity index (χ4n) is 7.93. The molecule has 0 bridgehead atoms. The van der Waals surface area contributed by atoms with Crippen LogP contribution >= 0.6 is 0 Å². The molecule has 1 unspecified atom stereocenters. The lowest BCUT2D eigenvalue weighted by Gasteiger charge is -2.38. The van der Waals surface area contributed by atoms with Gasteiger partial charge in [-0.25, -0.2) is 19.5 Å². The van der Waals surface area contributed by atoms with E-state index in [1.54, 1.807) is 67.1 Å². The number of carbonyl (C=O) groups is 6. The summed E-state index contributed by atoms with van der Waals surface area (Å²) in [5.74, 6) is -4.18. The van der Waals surface area contributed by atoms with Crippen LogP contribution in [0.15, 0.2) is 158 Å². The molecule has 0 aliphatic carbocycles. The van der Waals surface area contributed by atoms with Crippen LogP contribution < -0.4 is 21.1 Å². The highest BCUT2D eigenvalue weighted by molar-refractivity contribution is 6.07. The van der Waals surface area contributed by atoms with Gasteiger partial charge >= 0.3 is 12.1 Å². The smallest absolute Gasteiger partial charge is 0.417 e. The molecule has 1 fully saturated rings. The van der Waals surface area contributed by atoms with E-state index in [2.05, 4.69) is 15.6 Å². The number of methoxy groups -OCH3 is 1. The number of hydrogen-bond donors (Lipinski definition) is 3. The standard InChI is InChI=1S/C55H59N7O10/c1-38(54(67)69-2)61(51(64)47-27-28-57-47)53(66)49(29-39-23-25-45(26-24-39)71-34-42-19-11-5-12-20-42)62(55(68)72-35-43-21-13-6-14-22-43)52(65)48(36-70-33-41-17-9-4-10-18-41)59-50(63)46(56)30-44-32-60(37-58-44)31-40-15-7-3-8-16-40/h3-26,32,37-38,46-49,57H,27-31,33-36,56H2,1-2H3,(H,59,63)/t38-,46+,47?,48+,49+/m1/s1. The lowest BCUT2D eigenvalue weighted by molar-refractivity contribution is -0.163. The summed E-state index contributed by atoms with van der Waals surface area (Å²) in [6.07, 6.45) is 2.08. The van der Waals surface area contributed by atoms with Crippen molar-refractivity contribution in [3.63, 3.8) is 0 Å². The van der Waals surface area contributed by atoms with Gasteiger partial charge in [-0.05, 0) is 59.8 Å². The molecule has 4 N–H and O–H groups in total. The third-order valence-electron chi connectivity index (χ3n) is 12.0. The summed E-state index contributed by atoms with van der Waals surface area (Å²) in [6, 6.07) is 36.6. The number of nitrogens with zero attached hydrogens (tertiary/aromatic N) is 4. The minimum absolute atomic E-state index is 0.00178. The predicted molar refractivity (Wildman–Crippen MR) is 265 cm³/mol. The zero-order valence-electron chi connectivity index (χ0n) is 40.2. The maximum absolute atomic E-state index is 15.5. The second-order valence-corrected chi connectivity index (χ2v) is 17.3. The van der Waals surface area contributed by atoms with E-state index in [1.807, 2.05) is 95.6 Å². The van der Waals surface area contributed by atoms with Crippen molar-refractivity contribution in [2.45, 2.75) is 82.8 Å². The summed E-state index contributed by atoms with van der Waals surface area (Å²) in [7, 11) is 1.12. The van der Waals surface area contributed by atoms with Crippen molar-refractivity contribution in [2.24, 2.45) is 5.73 Å². The van der Waals surface area contributed by atoms with Gasteiger partial charge in [0.2, 0.25) is 11.8 Å². The normalized spacial score (nSPS) is 14.6. The molecule has 1 aliphatic rings. The lowest BCUT2D eigenvalue weighted by atomic mass is 9.99. The molecule has 374 valence electrons. The van der Waals surface area contributed by atoms with Gasteiger partial charge in [-0.1, -0.05) is 133 Å². The summed E-state index contributed by atoms with van der Waals surface area (Å²) in [5, 5.41) is 5.67. The number of carbonyl (C=O) groups excluding carboxylic acids is 6. The summed E-state index contributed by atoms with van der Waals surface area (Å²) < 4.78 is 24.8. The second-order valence-electron chi connectivity index (χ2n) is 17.3. The minimum atomic E-state index is -1.86. The van der Waals surface area contributed by atoms with Crippen LogP contribution in [0.3, 0.4) is 0 Å². The van der Waals surface area contributed by atoms with E-state index in [-0.39, 0.29) is 32.7 Å². The Labute approximate surface area is 418 Å². The van der Waals surface area contributed by atoms with Crippen LogP contribution in [0.4, 0.5) is 4.79 Å². The fourth-order valence-corrected chi connectivity index (χ4v) is 7.93. The van der Waals surface area contributed by atoms with Crippen molar-refractivity contribution in [1.29, 1.82) is 0 Å². The monoisotopic (exact) mass is 977 g/mol. The first-order valence-corrected chi connectivity index (χ1v) is 23.7. The van der Waals surface area contributed by atoms with E-state index in [0.29, 0.717) is 47.0 Å². The highest BCUT2D eigenvalue weighted by Crippen LogP contribution is 2.23. The van der Waals surface area contributed by atoms with E-state index in [0.717, 1.165) is 28.7 Å². The van der Waals surface area contributed by atoms with Gasteiger partial charge in [-0.15, -0.1) is 0 Å². The molecule has 7 rings (SSSR count). The number of ether oxygens (including phenoxy) is 4. The number of imidazole rings is 1. The van der Waals surface area contributed by atoms with Crippen LogP contribution in [0.2, 0.25) is 0 Å². The van der Waals surface area contributed by atoms with Crippen LogP contribution in [0.5, 0.6) is 5.75 Å². The van der Waals surface area contributed by atoms with E-state index in [4.69, 9.17) is 24.7 Å². The molecule has 2 heterocycles. The van der Waals surface area contributed by atoms with Gasteiger partial charge < -0.3 is 39.9 Å². The van der Waals surface area contributed by atoms with Gasteiger partial charge in [0.05, 0.1) is 44.4 Å². The molecule has 5 atom stereocenters. The molecule has 1 aromatic heterocycles. The average Bonchev–Trinajstić information content (AvgIpc) is 3.83. The first-order chi connectivity index (χ1) is 35.0. The second kappa shape index (κ2) is 25.7. The van der Waals surface area contributed by atoms with Crippen LogP contribution in [0, 0.1) is 0 Å². The zero-order valence-corrected chi connectivity index (χ0v) is 40.2. The van der Waals surface area contributed by atoms with E-state index in [9.17, 15) is 19.2 Å². The first-order valence-electron chi connectivity index (χ1n) is 23.7. The average molecular weight is 978 g/mol. The van der Waals surface area contributed by atoms with Crippen LogP contribution in [-0.2, 0) is 77.4 Å². The van der Waals surface area contributed by atoms with Crippen LogP contribution in [0.1, 0.15) is 46.9 Å². The van der Waals surface area contributed by atoms with Crippen molar-refractivity contribution in [3.8, 4) is 5.75 Å². The Morgan fingerprint density at radius 1 is 0.722 bits per heavy atom. The Balaban J connectivity index is 1.24. The molecule has 72 heavy (non-hydrogen) atoms. The highest BCUT2D eigenvalue weighted by atomic mass is 16.6. The van der Waals surface area contributed by atoms with Gasteiger partial charge in [-0.2, -0.15) is 0 Å². The molecule has 0 radical (unpaired) electrons. The molecule has 5 amide bonds. The highest BCUT2D eigenvalue weighted by Gasteiger charge is 2.47. The van der Waals surface area contributed by atoms with Crippen molar-refractivity contribution >= 4 is 35.7 Å². The van der Waals surface area contributed by atoms with E-state index in [1.165, 1.54) is 6.92 Å². The van der Waals surface area contributed by atoms with Gasteiger partial charge in [0, 0.05) is 25.6 Å². The van der Waals surface area contributed by atoms with Gasteiger partial charge in [-0.3, -0.25) is 24.1 Å². The Morgan fingerprint density at radius 3 is 1.86 bits per heavy atom. The number of nitrogens with one attached hydrogen (secondary N) is 2. The molecule has 1 saturated heterocycles. The maximum atomic E-state index is 15.5. The van der Waals surface area contributed by atoms with Crippen molar-refractivity contribution in [1.82, 2.24) is 30.0 Å². The van der Waals surface area contributed by atoms with Gasteiger partial charge in [0.15, 0.2) is 0 Å². The molecular formula is C55H59N7O10. The zero-order chi connectivity index (χ0) is 50.8. The summed E-state index contributed by atoms with van der Waals surface area (Å²) in [6.45, 7) is 1.78. The third-order valence-corrected chi connectivity index (χ3v) is 12.0. The van der Waals surface area contributed by atoms with Crippen LogP contribution in [0.25, 0.3) is 0 Å². The molecule has 1 aliphatic heterocycles. The molecule has 0 saturated carbocycles. The Hall–Kier alpha value is -7.99. The fraction of sp³-hybridized carbons (Fsp3) is 0.291. The quantitative estimate of drug-likeness (QED) is 0.0711. The number of aromatic nitrogens is 2. The van der Waals surface area contributed by atoms with Crippen molar-refractivity contribution in [2.75, 3.05) is 20.3 Å². The number of esters is 1.